The zero-order chi connectivity index (χ0) is 14.0. The second-order valence-corrected chi connectivity index (χ2v) is 5.18. The van der Waals surface area contributed by atoms with Gasteiger partial charge in [-0.05, 0) is 6.07 Å². The van der Waals surface area contributed by atoms with Crippen molar-refractivity contribution in [2.75, 3.05) is 34.0 Å². The Morgan fingerprint density at radius 3 is 2.70 bits per heavy atom. The Kier molecular flexibility index (Phi) is 3.83. The van der Waals surface area contributed by atoms with Crippen LogP contribution in [0.4, 0.5) is 0 Å². The highest BCUT2D eigenvalue weighted by Gasteiger charge is 2.42. The van der Waals surface area contributed by atoms with Crippen molar-refractivity contribution in [1.29, 1.82) is 0 Å². The Morgan fingerprint density at radius 1 is 1.20 bits per heavy atom. The van der Waals surface area contributed by atoms with E-state index in [9.17, 15) is 0 Å². The van der Waals surface area contributed by atoms with Crippen LogP contribution in [-0.4, -0.2) is 39.8 Å². The molecular formula is C15H21NO4. The van der Waals surface area contributed by atoms with Crippen LogP contribution in [0.3, 0.4) is 0 Å². The molecule has 0 aromatic heterocycles. The van der Waals surface area contributed by atoms with Gasteiger partial charge >= 0.3 is 0 Å². The third-order valence-electron chi connectivity index (χ3n) is 4.04. The second kappa shape index (κ2) is 5.60. The van der Waals surface area contributed by atoms with Gasteiger partial charge in [-0.25, -0.2) is 0 Å². The summed E-state index contributed by atoms with van der Waals surface area (Å²) in [6.45, 7) is 2.25. The average molecular weight is 279 g/mol. The van der Waals surface area contributed by atoms with Crippen LogP contribution < -0.4 is 14.8 Å². The Balaban J connectivity index is 1.84. The molecule has 3 rings (SSSR count). The van der Waals surface area contributed by atoms with E-state index in [1.54, 1.807) is 14.2 Å². The molecule has 20 heavy (non-hydrogen) atoms. The zero-order valence-electron chi connectivity index (χ0n) is 12.0. The number of methoxy groups -OCH3 is 2. The van der Waals surface area contributed by atoms with Crippen LogP contribution >= 0.6 is 0 Å². The topological polar surface area (TPSA) is 49.0 Å². The van der Waals surface area contributed by atoms with Crippen LogP contribution in [0.1, 0.15) is 24.4 Å². The lowest BCUT2D eigenvalue weighted by molar-refractivity contribution is -0.180. The van der Waals surface area contributed by atoms with E-state index >= 15 is 0 Å². The summed E-state index contributed by atoms with van der Waals surface area (Å²) < 4.78 is 22.4. The van der Waals surface area contributed by atoms with E-state index in [2.05, 4.69) is 5.32 Å². The minimum Gasteiger partial charge on any atom is -0.497 e. The molecule has 2 fully saturated rings. The van der Waals surface area contributed by atoms with Crippen LogP contribution in [0.15, 0.2) is 18.2 Å². The van der Waals surface area contributed by atoms with E-state index in [4.69, 9.17) is 18.9 Å². The first kappa shape index (κ1) is 13.7. The van der Waals surface area contributed by atoms with Crippen LogP contribution in [0, 0.1) is 0 Å². The van der Waals surface area contributed by atoms with Crippen molar-refractivity contribution in [1.82, 2.24) is 5.32 Å². The molecule has 1 N–H and O–H groups in total. The summed E-state index contributed by atoms with van der Waals surface area (Å²) in [6.07, 6.45) is 1.69. The highest BCUT2D eigenvalue weighted by atomic mass is 16.7. The Morgan fingerprint density at radius 2 is 2.00 bits per heavy atom. The maximum atomic E-state index is 5.82. The summed E-state index contributed by atoms with van der Waals surface area (Å²) in [4.78, 5) is 0. The molecule has 0 aliphatic carbocycles. The SMILES string of the molecule is COc1ccc(C2CC3(CCN2)OCCO3)c(OC)c1. The monoisotopic (exact) mass is 279 g/mol. The van der Waals surface area contributed by atoms with Crippen LogP contribution in [-0.2, 0) is 9.47 Å². The molecule has 0 saturated carbocycles. The molecule has 0 amide bonds. The largest absolute Gasteiger partial charge is 0.497 e. The fraction of sp³-hybridized carbons (Fsp3) is 0.600. The molecule has 2 aliphatic heterocycles. The summed E-state index contributed by atoms with van der Waals surface area (Å²) in [7, 11) is 3.34. The predicted molar refractivity (Wildman–Crippen MR) is 74.2 cm³/mol. The molecule has 5 heteroatoms. The first-order valence-electron chi connectivity index (χ1n) is 6.99. The van der Waals surface area contributed by atoms with Gasteiger partial charge in [0, 0.05) is 37.1 Å². The minimum atomic E-state index is -0.416. The zero-order valence-corrected chi connectivity index (χ0v) is 12.0. The highest BCUT2D eigenvalue weighted by molar-refractivity contribution is 5.42. The van der Waals surface area contributed by atoms with E-state index in [0.717, 1.165) is 36.4 Å². The van der Waals surface area contributed by atoms with Crippen molar-refractivity contribution in [3.8, 4) is 11.5 Å². The van der Waals surface area contributed by atoms with Gasteiger partial charge in [0.15, 0.2) is 5.79 Å². The molecule has 2 heterocycles. The van der Waals surface area contributed by atoms with Gasteiger partial charge in [-0.3, -0.25) is 0 Å². The molecule has 5 nitrogen and oxygen atoms in total. The molecule has 0 bridgehead atoms. The Bertz CT molecular complexity index is 471. The summed E-state index contributed by atoms with van der Waals surface area (Å²) in [5.74, 6) is 1.21. The molecule has 0 radical (unpaired) electrons. The van der Waals surface area contributed by atoms with Gasteiger partial charge in [0.2, 0.25) is 0 Å². The number of rotatable bonds is 3. The minimum absolute atomic E-state index is 0.169. The Hall–Kier alpha value is -1.30. The molecule has 1 aromatic carbocycles. The summed E-state index contributed by atoms with van der Waals surface area (Å²) in [5.41, 5.74) is 1.12. The quantitative estimate of drug-likeness (QED) is 0.915. The van der Waals surface area contributed by atoms with E-state index in [0.29, 0.717) is 13.2 Å². The fourth-order valence-corrected chi connectivity index (χ4v) is 3.01. The number of hydrogen-bond acceptors (Lipinski definition) is 5. The first-order chi connectivity index (χ1) is 9.76. The first-order valence-corrected chi connectivity index (χ1v) is 6.99. The van der Waals surface area contributed by atoms with E-state index in [1.807, 2.05) is 18.2 Å². The van der Waals surface area contributed by atoms with Gasteiger partial charge in [0.05, 0.1) is 27.4 Å². The van der Waals surface area contributed by atoms with Crippen molar-refractivity contribution in [3.63, 3.8) is 0 Å². The summed E-state index contributed by atoms with van der Waals surface area (Å²) in [5, 5.41) is 3.52. The molecule has 1 atom stereocenters. The van der Waals surface area contributed by atoms with Crippen molar-refractivity contribution < 1.29 is 18.9 Å². The standard InChI is InChI=1S/C15H21NO4/c1-17-11-3-4-12(14(9-11)18-2)13-10-15(5-6-16-13)19-7-8-20-15/h3-4,9,13,16H,5-8,10H2,1-2H3. The maximum Gasteiger partial charge on any atom is 0.171 e. The van der Waals surface area contributed by atoms with Crippen LogP contribution in [0.5, 0.6) is 11.5 Å². The molecule has 1 aromatic rings. The van der Waals surface area contributed by atoms with Crippen LogP contribution in [0.2, 0.25) is 0 Å². The van der Waals surface area contributed by atoms with Crippen molar-refractivity contribution in [2.45, 2.75) is 24.7 Å². The lowest BCUT2D eigenvalue weighted by atomic mass is 9.92. The van der Waals surface area contributed by atoms with Crippen molar-refractivity contribution >= 4 is 0 Å². The number of nitrogens with one attached hydrogen (secondary N) is 1. The lowest BCUT2D eigenvalue weighted by Gasteiger charge is -2.37. The fourth-order valence-electron chi connectivity index (χ4n) is 3.01. The molecule has 2 saturated heterocycles. The van der Waals surface area contributed by atoms with Crippen LogP contribution in [0.25, 0.3) is 0 Å². The number of ether oxygens (including phenoxy) is 4. The maximum absolute atomic E-state index is 5.82. The van der Waals surface area contributed by atoms with Gasteiger partial charge < -0.3 is 24.3 Å². The third-order valence-corrected chi connectivity index (χ3v) is 4.04. The van der Waals surface area contributed by atoms with Gasteiger partial charge in [-0.2, -0.15) is 0 Å². The van der Waals surface area contributed by atoms with Crippen molar-refractivity contribution in [3.05, 3.63) is 23.8 Å². The lowest BCUT2D eigenvalue weighted by Crippen LogP contribution is -2.44. The molecule has 1 spiro atoms. The number of hydrogen-bond donors (Lipinski definition) is 1. The molecular weight excluding hydrogens is 258 g/mol. The highest BCUT2D eigenvalue weighted by Crippen LogP contribution is 2.40. The second-order valence-electron chi connectivity index (χ2n) is 5.18. The summed E-state index contributed by atoms with van der Waals surface area (Å²) >= 11 is 0. The van der Waals surface area contributed by atoms with E-state index in [1.165, 1.54) is 0 Å². The third kappa shape index (κ3) is 2.49. The van der Waals surface area contributed by atoms with Gasteiger partial charge in [0.1, 0.15) is 11.5 Å². The molecule has 2 aliphatic rings. The van der Waals surface area contributed by atoms with Gasteiger partial charge in [0.25, 0.3) is 0 Å². The smallest absolute Gasteiger partial charge is 0.171 e. The molecule has 1 unspecified atom stereocenters. The van der Waals surface area contributed by atoms with Crippen molar-refractivity contribution in [2.24, 2.45) is 0 Å². The average Bonchev–Trinajstić information content (AvgIpc) is 2.94. The number of piperidine rings is 1. The number of benzene rings is 1. The van der Waals surface area contributed by atoms with E-state index in [-0.39, 0.29) is 6.04 Å². The normalized spacial score (nSPS) is 24.8. The molecule has 110 valence electrons. The Labute approximate surface area is 119 Å². The van der Waals surface area contributed by atoms with E-state index < -0.39 is 5.79 Å². The summed E-state index contributed by atoms with van der Waals surface area (Å²) in [6, 6.07) is 6.08. The van der Waals surface area contributed by atoms with Gasteiger partial charge in [-0.1, -0.05) is 6.07 Å². The van der Waals surface area contributed by atoms with Gasteiger partial charge in [-0.15, -0.1) is 0 Å². The predicted octanol–water partition coefficient (Wildman–Crippen LogP) is 1.87.